The molecule has 0 fully saturated rings. The number of anilines is 1. The van der Waals surface area contributed by atoms with Crippen LogP contribution in [-0.2, 0) is 16.6 Å². The zero-order valence-corrected chi connectivity index (χ0v) is 16.3. The Labute approximate surface area is 165 Å². The predicted molar refractivity (Wildman–Crippen MR) is 113 cm³/mol. The van der Waals surface area contributed by atoms with Crippen molar-refractivity contribution in [2.24, 2.45) is 0 Å². The Kier molecular flexibility index (Phi) is 4.84. The Balaban J connectivity index is 1.85. The summed E-state index contributed by atoms with van der Waals surface area (Å²) in [5.74, 6) is 0. The molecule has 4 rings (SSSR count). The maximum Gasteiger partial charge on any atom is 0.264 e. The lowest BCUT2D eigenvalue weighted by Gasteiger charge is -2.25. The van der Waals surface area contributed by atoms with E-state index in [1.807, 2.05) is 73.7 Å². The molecule has 0 amide bonds. The summed E-state index contributed by atoms with van der Waals surface area (Å²) >= 11 is 0. The minimum atomic E-state index is -3.74. The first kappa shape index (κ1) is 18.2. The molecule has 0 aliphatic carbocycles. The average molecular weight is 388 g/mol. The van der Waals surface area contributed by atoms with E-state index in [4.69, 9.17) is 0 Å². The third-order valence-electron chi connectivity index (χ3n) is 4.65. The van der Waals surface area contributed by atoms with Crippen molar-refractivity contribution in [3.8, 4) is 0 Å². The van der Waals surface area contributed by atoms with Gasteiger partial charge in [-0.15, -0.1) is 0 Å². The van der Waals surface area contributed by atoms with Gasteiger partial charge in [-0.2, -0.15) is 0 Å². The van der Waals surface area contributed by atoms with Crippen LogP contribution >= 0.6 is 0 Å². The van der Waals surface area contributed by atoms with Crippen LogP contribution in [0.25, 0.3) is 10.9 Å². The van der Waals surface area contributed by atoms with Crippen LogP contribution in [0.5, 0.6) is 0 Å². The molecule has 28 heavy (non-hydrogen) atoms. The van der Waals surface area contributed by atoms with E-state index in [0.717, 1.165) is 22.0 Å². The van der Waals surface area contributed by atoms with E-state index >= 15 is 0 Å². The first-order valence-electron chi connectivity index (χ1n) is 9.03. The number of nitrogens with zero attached hydrogens (tertiary/aromatic N) is 2. The Morgan fingerprint density at radius 1 is 0.857 bits per heavy atom. The van der Waals surface area contributed by atoms with E-state index in [1.165, 1.54) is 4.31 Å². The summed E-state index contributed by atoms with van der Waals surface area (Å²) in [5, 5.41) is 0.987. The highest BCUT2D eigenvalue weighted by molar-refractivity contribution is 7.92. The highest BCUT2D eigenvalue weighted by atomic mass is 32.2. The van der Waals surface area contributed by atoms with E-state index in [0.29, 0.717) is 5.69 Å². The molecule has 0 saturated heterocycles. The van der Waals surface area contributed by atoms with E-state index in [-0.39, 0.29) is 11.4 Å². The summed E-state index contributed by atoms with van der Waals surface area (Å²) in [5.41, 5.74) is 3.20. The zero-order valence-electron chi connectivity index (χ0n) is 15.5. The number of sulfonamides is 1. The number of para-hydroxylation sites is 2. The molecule has 0 radical (unpaired) electrons. The molecular formula is C23H20N2O2S. The maximum absolute atomic E-state index is 13.5. The fraction of sp³-hybridized carbons (Fsp3) is 0.0870. The molecule has 1 aromatic heterocycles. The highest BCUT2D eigenvalue weighted by Gasteiger charge is 2.26. The molecule has 5 heteroatoms. The lowest BCUT2D eigenvalue weighted by Crippen LogP contribution is -2.30. The molecule has 1 heterocycles. The Hall–Kier alpha value is -3.18. The molecule has 4 nitrogen and oxygen atoms in total. The van der Waals surface area contributed by atoms with Crippen molar-refractivity contribution in [2.45, 2.75) is 18.4 Å². The first-order chi connectivity index (χ1) is 13.6. The van der Waals surface area contributed by atoms with Crippen molar-refractivity contribution in [2.75, 3.05) is 4.31 Å². The number of benzene rings is 3. The molecule has 0 N–H and O–H groups in total. The van der Waals surface area contributed by atoms with E-state index < -0.39 is 10.0 Å². The van der Waals surface area contributed by atoms with Crippen LogP contribution in [0.15, 0.2) is 96.0 Å². The lowest BCUT2D eigenvalue weighted by atomic mass is 10.1. The number of hydrogen-bond acceptors (Lipinski definition) is 3. The van der Waals surface area contributed by atoms with E-state index in [9.17, 15) is 8.42 Å². The van der Waals surface area contributed by atoms with Gasteiger partial charge in [0.25, 0.3) is 10.0 Å². The number of aryl methyl sites for hydroxylation is 1. The zero-order chi connectivity index (χ0) is 19.6. The van der Waals surface area contributed by atoms with E-state index in [1.54, 1.807) is 24.4 Å². The summed E-state index contributed by atoms with van der Waals surface area (Å²) < 4.78 is 28.5. The fourth-order valence-corrected chi connectivity index (χ4v) is 4.81. The van der Waals surface area contributed by atoms with Gasteiger partial charge in [0.05, 0.1) is 22.6 Å². The maximum atomic E-state index is 13.5. The Bertz CT molecular complexity index is 1220. The second-order valence-electron chi connectivity index (χ2n) is 6.66. The summed E-state index contributed by atoms with van der Waals surface area (Å²) in [7, 11) is -3.74. The van der Waals surface area contributed by atoms with Gasteiger partial charge in [0.1, 0.15) is 0 Å². The SMILES string of the molecule is Cc1cccc(S(=O)(=O)N(Cc2cccc3cccnc23)c2ccccc2)c1. The molecule has 4 aromatic rings. The van der Waals surface area contributed by atoms with Crippen LogP contribution in [0.2, 0.25) is 0 Å². The lowest BCUT2D eigenvalue weighted by molar-refractivity contribution is 0.590. The van der Waals surface area contributed by atoms with Crippen LogP contribution in [0.1, 0.15) is 11.1 Å². The van der Waals surface area contributed by atoms with Crippen molar-refractivity contribution >= 4 is 26.6 Å². The summed E-state index contributed by atoms with van der Waals surface area (Å²) in [4.78, 5) is 4.76. The number of rotatable bonds is 5. The van der Waals surface area contributed by atoms with Gasteiger partial charge >= 0.3 is 0 Å². The average Bonchev–Trinajstić information content (AvgIpc) is 2.72. The summed E-state index contributed by atoms with van der Waals surface area (Å²) in [6.45, 7) is 2.09. The smallest absolute Gasteiger partial charge is 0.262 e. The minimum absolute atomic E-state index is 0.203. The molecule has 0 spiro atoms. The number of pyridine rings is 1. The first-order valence-corrected chi connectivity index (χ1v) is 10.5. The fourth-order valence-electron chi connectivity index (χ4n) is 3.26. The molecule has 0 bridgehead atoms. The van der Waals surface area contributed by atoms with Gasteiger partial charge in [-0.05, 0) is 48.4 Å². The molecular weight excluding hydrogens is 368 g/mol. The van der Waals surface area contributed by atoms with Gasteiger partial charge in [-0.25, -0.2) is 8.42 Å². The monoisotopic (exact) mass is 388 g/mol. The van der Waals surface area contributed by atoms with Gasteiger partial charge in [-0.3, -0.25) is 9.29 Å². The Morgan fingerprint density at radius 2 is 1.61 bits per heavy atom. The normalized spacial score (nSPS) is 11.5. The van der Waals surface area contributed by atoms with E-state index in [2.05, 4.69) is 4.98 Å². The van der Waals surface area contributed by atoms with Crippen molar-refractivity contribution < 1.29 is 8.42 Å². The third kappa shape index (κ3) is 3.49. The summed E-state index contributed by atoms with van der Waals surface area (Å²) in [6, 6.07) is 25.9. The molecule has 0 saturated carbocycles. The topological polar surface area (TPSA) is 50.3 Å². The number of fused-ring (bicyclic) bond motifs is 1. The predicted octanol–water partition coefficient (Wildman–Crippen LogP) is 4.94. The van der Waals surface area contributed by atoms with Gasteiger partial charge in [0, 0.05) is 11.6 Å². The standard InChI is InChI=1S/C23H20N2O2S/c1-18-8-5-14-22(16-18)28(26,27)25(21-12-3-2-4-13-21)17-20-10-6-9-19-11-7-15-24-23(19)20/h2-16H,17H2,1H3. The van der Waals surface area contributed by atoms with Crippen LogP contribution in [0.4, 0.5) is 5.69 Å². The second-order valence-corrected chi connectivity index (χ2v) is 8.52. The number of hydrogen-bond donors (Lipinski definition) is 0. The molecule has 140 valence electrons. The molecule has 0 unspecified atom stereocenters. The number of aromatic nitrogens is 1. The van der Waals surface area contributed by atoms with Gasteiger partial charge in [0.15, 0.2) is 0 Å². The second kappa shape index (κ2) is 7.44. The van der Waals surface area contributed by atoms with Crippen molar-refractivity contribution in [1.82, 2.24) is 4.98 Å². The molecule has 3 aromatic carbocycles. The largest absolute Gasteiger partial charge is 0.264 e. The third-order valence-corrected chi connectivity index (χ3v) is 6.42. The minimum Gasteiger partial charge on any atom is -0.262 e. The molecule has 0 atom stereocenters. The van der Waals surface area contributed by atoms with Crippen LogP contribution in [0.3, 0.4) is 0 Å². The van der Waals surface area contributed by atoms with Gasteiger partial charge in [0.2, 0.25) is 0 Å². The summed E-state index contributed by atoms with van der Waals surface area (Å²) in [6.07, 6.45) is 1.73. The Morgan fingerprint density at radius 3 is 2.39 bits per heavy atom. The van der Waals surface area contributed by atoms with Gasteiger partial charge < -0.3 is 0 Å². The van der Waals surface area contributed by atoms with Crippen LogP contribution in [-0.4, -0.2) is 13.4 Å². The van der Waals surface area contributed by atoms with Gasteiger partial charge in [-0.1, -0.05) is 54.6 Å². The highest BCUT2D eigenvalue weighted by Crippen LogP contribution is 2.28. The van der Waals surface area contributed by atoms with Crippen LogP contribution in [0, 0.1) is 6.92 Å². The van der Waals surface area contributed by atoms with Crippen molar-refractivity contribution in [3.63, 3.8) is 0 Å². The van der Waals surface area contributed by atoms with Crippen molar-refractivity contribution in [3.05, 3.63) is 102 Å². The molecule has 0 aliphatic heterocycles. The van der Waals surface area contributed by atoms with Crippen molar-refractivity contribution in [1.29, 1.82) is 0 Å². The quantitative estimate of drug-likeness (QED) is 0.487. The van der Waals surface area contributed by atoms with Crippen LogP contribution < -0.4 is 4.31 Å². The molecule has 0 aliphatic rings.